The van der Waals surface area contributed by atoms with Crippen LogP contribution in [0.25, 0.3) is 10.9 Å². The van der Waals surface area contributed by atoms with E-state index in [0.29, 0.717) is 13.0 Å². The minimum atomic E-state index is -0.988. The molecule has 29 heavy (non-hydrogen) atoms. The number of benzene rings is 1. The van der Waals surface area contributed by atoms with Crippen LogP contribution < -0.4 is 5.32 Å². The zero-order chi connectivity index (χ0) is 21.1. The lowest BCUT2D eigenvalue weighted by atomic mass is 9.86. The van der Waals surface area contributed by atoms with Crippen LogP contribution in [0.5, 0.6) is 0 Å². The molecular formula is C24H38N2O2Si. The predicted molar refractivity (Wildman–Crippen MR) is 124 cm³/mol. The first-order valence-corrected chi connectivity index (χ1v) is 15.0. The zero-order valence-corrected chi connectivity index (χ0v) is 19.9. The van der Waals surface area contributed by atoms with Crippen molar-refractivity contribution < 1.29 is 9.53 Å². The van der Waals surface area contributed by atoms with Crippen LogP contribution in [-0.4, -0.2) is 32.1 Å². The Morgan fingerprint density at radius 3 is 2.72 bits per heavy atom. The quantitative estimate of drug-likeness (QED) is 0.418. The number of carbonyl (C=O) groups is 1. The normalized spacial score (nSPS) is 19.3. The topological polar surface area (TPSA) is 54.1 Å². The number of carbonyl (C=O) groups excluding carboxylic acids is 1. The van der Waals surface area contributed by atoms with Gasteiger partial charge >= 0.3 is 0 Å². The molecule has 5 heteroatoms. The standard InChI is InChI=1S/C24H38N2O2Si/c1-6-18-11-10-12-19-20-13-15-28-24(7-2,23(20)26-22(18)19)17-21(27)25-14-8-9-16-29(3,4)5/h10-12,26H,6-9,13-17H2,1-5H3,(H,25,27). The van der Waals surface area contributed by atoms with Gasteiger partial charge in [0.15, 0.2) is 0 Å². The van der Waals surface area contributed by atoms with Gasteiger partial charge in [0, 0.05) is 25.5 Å². The van der Waals surface area contributed by atoms with Crippen molar-refractivity contribution in [2.45, 2.75) is 83.7 Å². The lowest BCUT2D eigenvalue weighted by Crippen LogP contribution is -2.40. The average molecular weight is 415 g/mol. The fourth-order valence-electron chi connectivity index (χ4n) is 4.57. The largest absolute Gasteiger partial charge is 0.368 e. The van der Waals surface area contributed by atoms with Gasteiger partial charge in [0.05, 0.1) is 18.7 Å². The first-order chi connectivity index (χ1) is 13.8. The highest BCUT2D eigenvalue weighted by atomic mass is 28.3. The molecule has 0 aliphatic carbocycles. The van der Waals surface area contributed by atoms with Crippen LogP contribution in [0.3, 0.4) is 0 Å². The Hall–Kier alpha value is -1.59. The number of fused-ring (bicyclic) bond motifs is 3. The molecule has 1 aromatic heterocycles. The Balaban J connectivity index is 1.73. The Labute approximate surface area is 176 Å². The number of amides is 1. The van der Waals surface area contributed by atoms with Crippen LogP contribution in [0, 0.1) is 0 Å². The first kappa shape index (κ1) is 22.1. The van der Waals surface area contributed by atoms with Gasteiger partial charge in [0.25, 0.3) is 0 Å². The van der Waals surface area contributed by atoms with E-state index >= 15 is 0 Å². The molecule has 0 saturated carbocycles. The molecule has 1 atom stereocenters. The van der Waals surface area contributed by atoms with Gasteiger partial charge in [0.2, 0.25) is 5.91 Å². The number of H-pyrrole nitrogens is 1. The minimum absolute atomic E-state index is 0.0991. The Kier molecular flexibility index (Phi) is 6.89. The minimum Gasteiger partial charge on any atom is -0.368 e. The molecular weight excluding hydrogens is 376 g/mol. The molecule has 2 heterocycles. The van der Waals surface area contributed by atoms with Crippen molar-refractivity contribution in [3.8, 4) is 0 Å². The number of ether oxygens (including phenoxy) is 1. The Morgan fingerprint density at radius 2 is 2.03 bits per heavy atom. The van der Waals surface area contributed by atoms with Crippen LogP contribution in [0.2, 0.25) is 25.7 Å². The second-order valence-corrected chi connectivity index (χ2v) is 15.3. The van der Waals surface area contributed by atoms with Crippen molar-refractivity contribution in [1.29, 1.82) is 0 Å². The number of nitrogens with one attached hydrogen (secondary N) is 2. The van der Waals surface area contributed by atoms with Crippen molar-refractivity contribution in [2.75, 3.05) is 13.2 Å². The summed E-state index contributed by atoms with van der Waals surface area (Å²) in [5.41, 5.74) is 4.46. The highest BCUT2D eigenvalue weighted by Crippen LogP contribution is 2.42. The lowest BCUT2D eigenvalue weighted by Gasteiger charge is -2.36. The van der Waals surface area contributed by atoms with Crippen LogP contribution in [0.4, 0.5) is 0 Å². The molecule has 0 spiro atoms. The Bertz CT molecular complexity index is 852. The third-order valence-electron chi connectivity index (χ3n) is 6.29. The maximum absolute atomic E-state index is 12.8. The van der Waals surface area contributed by atoms with E-state index in [0.717, 1.165) is 37.9 Å². The van der Waals surface area contributed by atoms with Crippen molar-refractivity contribution in [3.05, 3.63) is 35.0 Å². The van der Waals surface area contributed by atoms with E-state index in [1.165, 1.54) is 34.5 Å². The molecule has 1 unspecified atom stereocenters. The van der Waals surface area contributed by atoms with E-state index in [-0.39, 0.29) is 5.91 Å². The molecule has 1 aliphatic heterocycles. The maximum atomic E-state index is 12.8. The monoisotopic (exact) mass is 414 g/mol. The number of para-hydroxylation sites is 1. The summed E-state index contributed by atoms with van der Waals surface area (Å²) >= 11 is 0. The second kappa shape index (κ2) is 9.05. The number of aromatic amines is 1. The zero-order valence-electron chi connectivity index (χ0n) is 18.9. The number of hydrogen-bond acceptors (Lipinski definition) is 2. The summed E-state index contributed by atoms with van der Waals surface area (Å²) in [7, 11) is -0.988. The van der Waals surface area contributed by atoms with Crippen molar-refractivity contribution >= 4 is 24.9 Å². The fourth-order valence-corrected chi connectivity index (χ4v) is 5.88. The average Bonchev–Trinajstić information content (AvgIpc) is 3.07. The number of unbranched alkanes of at least 4 members (excludes halogenated alkanes) is 1. The molecule has 2 aromatic rings. The number of aryl methyl sites for hydroxylation is 1. The molecule has 0 saturated heterocycles. The van der Waals surface area contributed by atoms with Gasteiger partial charge in [-0.3, -0.25) is 4.79 Å². The predicted octanol–water partition coefficient (Wildman–Crippen LogP) is 5.53. The van der Waals surface area contributed by atoms with Crippen LogP contribution in [-0.2, 0) is 28.0 Å². The molecule has 1 amide bonds. The molecule has 0 radical (unpaired) electrons. The van der Waals surface area contributed by atoms with Crippen LogP contribution >= 0.6 is 0 Å². The van der Waals surface area contributed by atoms with Crippen molar-refractivity contribution in [2.24, 2.45) is 0 Å². The third kappa shape index (κ3) is 4.94. The molecule has 0 fully saturated rings. The van der Waals surface area contributed by atoms with Crippen LogP contribution in [0.15, 0.2) is 18.2 Å². The third-order valence-corrected chi connectivity index (χ3v) is 8.14. The smallest absolute Gasteiger partial charge is 0.223 e. The van der Waals surface area contributed by atoms with Gasteiger partial charge in [-0.1, -0.05) is 64.2 Å². The van der Waals surface area contributed by atoms with E-state index in [9.17, 15) is 4.79 Å². The molecule has 1 aliphatic rings. The van der Waals surface area contributed by atoms with Gasteiger partial charge in [0.1, 0.15) is 5.60 Å². The summed E-state index contributed by atoms with van der Waals surface area (Å²) in [6, 6.07) is 7.86. The molecule has 3 rings (SSSR count). The van der Waals surface area contributed by atoms with Crippen molar-refractivity contribution in [1.82, 2.24) is 10.3 Å². The highest BCUT2D eigenvalue weighted by molar-refractivity contribution is 6.76. The SMILES string of the molecule is CCc1cccc2c3c([nH]c12)C(CC)(CC(=O)NCCCC[Si](C)(C)C)OCC3. The van der Waals surface area contributed by atoms with Crippen molar-refractivity contribution in [3.63, 3.8) is 0 Å². The summed E-state index contributed by atoms with van der Waals surface area (Å²) in [5.74, 6) is 0.0991. The van der Waals surface area contributed by atoms with E-state index in [1.807, 2.05) is 0 Å². The summed E-state index contributed by atoms with van der Waals surface area (Å²) in [5, 5.41) is 4.44. The summed E-state index contributed by atoms with van der Waals surface area (Å²) in [6.07, 6.45) is 5.35. The summed E-state index contributed by atoms with van der Waals surface area (Å²) < 4.78 is 6.30. The fraction of sp³-hybridized carbons (Fsp3) is 0.625. The Morgan fingerprint density at radius 1 is 1.24 bits per heavy atom. The number of aromatic nitrogens is 1. The van der Waals surface area contributed by atoms with Crippen LogP contribution in [0.1, 0.15) is 56.4 Å². The molecule has 0 bridgehead atoms. The highest BCUT2D eigenvalue weighted by Gasteiger charge is 2.40. The number of hydrogen-bond donors (Lipinski definition) is 2. The maximum Gasteiger partial charge on any atom is 0.223 e. The summed E-state index contributed by atoms with van der Waals surface area (Å²) in [6.45, 7) is 13.0. The molecule has 1 aromatic carbocycles. The van der Waals surface area contributed by atoms with Gasteiger partial charge in [-0.15, -0.1) is 0 Å². The molecule has 160 valence electrons. The van der Waals surface area contributed by atoms with E-state index < -0.39 is 13.7 Å². The number of rotatable bonds is 9. The van der Waals surface area contributed by atoms with Gasteiger partial charge < -0.3 is 15.0 Å². The summed E-state index contributed by atoms with van der Waals surface area (Å²) in [4.78, 5) is 16.5. The second-order valence-electron chi connectivity index (χ2n) is 9.66. The van der Waals surface area contributed by atoms with E-state index in [1.54, 1.807) is 0 Å². The van der Waals surface area contributed by atoms with Gasteiger partial charge in [-0.2, -0.15) is 0 Å². The lowest BCUT2D eigenvalue weighted by molar-refractivity contribution is -0.132. The molecule has 2 N–H and O–H groups in total. The van der Waals surface area contributed by atoms with E-state index in [4.69, 9.17) is 4.74 Å². The van der Waals surface area contributed by atoms with Gasteiger partial charge in [-0.05, 0) is 36.8 Å². The first-order valence-electron chi connectivity index (χ1n) is 11.3. The molecule has 4 nitrogen and oxygen atoms in total. The van der Waals surface area contributed by atoms with E-state index in [2.05, 4.69) is 62.0 Å². The van der Waals surface area contributed by atoms with Gasteiger partial charge in [-0.25, -0.2) is 0 Å².